The third-order valence-electron chi connectivity index (χ3n) is 5.76. The molecule has 0 spiro atoms. The second-order valence-corrected chi connectivity index (χ2v) is 8.73. The highest BCUT2D eigenvalue weighted by atomic mass is 32.1. The lowest BCUT2D eigenvalue weighted by molar-refractivity contribution is -0.131. The highest BCUT2D eigenvalue weighted by Crippen LogP contribution is 2.23. The first-order valence-electron chi connectivity index (χ1n) is 10.7. The molecule has 0 bridgehead atoms. The normalized spacial score (nSPS) is 15.6. The zero-order valence-electron chi connectivity index (χ0n) is 18.5. The predicted octanol–water partition coefficient (Wildman–Crippen LogP) is 2.35. The molecule has 1 aliphatic rings. The van der Waals surface area contributed by atoms with E-state index in [1.54, 1.807) is 18.6 Å². The lowest BCUT2D eigenvalue weighted by atomic mass is 10.1. The van der Waals surface area contributed by atoms with Crippen molar-refractivity contribution in [3.05, 3.63) is 46.8 Å². The molecule has 3 amide bonds. The van der Waals surface area contributed by atoms with Gasteiger partial charge < -0.3 is 20.7 Å². The molecular formula is C23H30N4O4S. The van der Waals surface area contributed by atoms with Gasteiger partial charge in [0, 0.05) is 32.6 Å². The average molecular weight is 459 g/mol. The maximum atomic E-state index is 12.7. The van der Waals surface area contributed by atoms with E-state index in [9.17, 15) is 14.4 Å². The summed E-state index contributed by atoms with van der Waals surface area (Å²) in [6.07, 6.45) is 1.94. The number of thiophene rings is 1. The SMILES string of the molecule is COc1ccc(CCC(=O)N2CCCN(C(C)C(=O)Nc3sccc3C(N)=O)CC2)cc1. The molecule has 1 saturated heterocycles. The van der Waals surface area contributed by atoms with E-state index in [1.165, 1.54) is 11.3 Å². The summed E-state index contributed by atoms with van der Waals surface area (Å²) in [7, 11) is 1.63. The van der Waals surface area contributed by atoms with Crippen LogP contribution in [0.25, 0.3) is 0 Å². The van der Waals surface area contributed by atoms with Crippen LogP contribution in [0.2, 0.25) is 0 Å². The van der Waals surface area contributed by atoms with E-state index in [4.69, 9.17) is 10.5 Å². The number of nitrogens with one attached hydrogen (secondary N) is 1. The minimum absolute atomic E-state index is 0.129. The molecule has 32 heavy (non-hydrogen) atoms. The van der Waals surface area contributed by atoms with Crippen LogP contribution in [0.1, 0.15) is 35.7 Å². The Balaban J connectivity index is 1.49. The number of carbonyl (C=O) groups excluding carboxylic acids is 3. The molecule has 1 aliphatic heterocycles. The maximum absolute atomic E-state index is 12.7. The predicted molar refractivity (Wildman–Crippen MR) is 125 cm³/mol. The van der Waals surface area contributed by atoms with Crippen molar-refractivity contribution >= 4 is 34.1 Å². The van der Waals surface area contributed by atoms with Gasteiger partial charge >= 0.3 is 0 Å². The third-order valence-corrected chi connectivity index (χ3v) is 6.59. The molecule has 3 rings (SSSR count). The molecule has 1 aromatic heterocycles. The molecule has 0 radical (unpaired) electrons. The number of rotatable bonds is 8. The smallest absolute Gasteiger partial charge is 0.251 e. The minimum Gasteiger partial charge on any atom is -0.497 e. The number of benzene rings is 1. The lowest BCUT2D eigenvalue weighted by Crippen LogP contribution is -2.44. The zero-order chi connectivity index (χ0) is 23.1. The van der Waals surface area contributed by atoms with E-state index in [1.807, 2.05) is 36.1 Å². The number of primary amides is 1. The Kier molecular flexibility index (Phi) is 8.24. The quantitative estimate of drug-likeness (QED) is 0.632. The molecule has 0 saturated carbocycles. The topological polar surface area (TPSA) is 105 Å². The van der Waals surface area contributed by atoms with Crippen molar-refractivity contribution in [3.8, 4) is 5.75 Å². The van der Waals surface area contributed by atoms with E-state index in [-0.39, 0.29) is 17.9 Å². The number of aryl methyl sites for hydroxylation is 1. The average Bonchev–Trinajstić information content (AvgIpc) is 3.12. The van der Waals surface area contributed by atoms with Gasteiger partial charge in [-0.2, -0.15) is 0 Å². The number of hydrogen-bond donors (Lipinski definition) is 2. The van der Waals surface area contributed by atoms with Crippen molar-refractivity contribution in [2.75, 3.05) is 38.6 Å². The van der Waals surface area contributed by atoms with Crippen LogP contribution in [0, 0.1) is 0 Å². The van der Waals surface area contributed by atoms with Crippen LogP contribution in [-0.4, -0.2) is 66.9 Å². The summed E-state index contributed by atoms with van der Waals surface area (Å²) >= 11 is 1.27. The molecule has 172 valence electrons. The van der Waals surface area contributed by atoms with Crippen molar-refractivity contribution in [3.63, 3.8) is 0 Å². The van der Waals surface area contributed by atoms with Crippen LogP contribution >= 0.6 is 11.3 Å². The number of ether oxygens (including phenoxy) is 1. The van der Waals surface area contributed by atoms with Gasteiger partial charge in [0.05, 0.1) is 18.7 Å². The first-order chi connectivity index (χ1) is 15.4. The van der Waals surface area contributed by atoms with Gasteiger partial charge in [-0.05, 0) is 48.9 Å². The number of anilines is 1. The van der Waals surface area contributed by atoms with Gasteiger partial charge in [0.15, 0.2) is 0 Å². The van der Waals surface area contributed by atoms with E-state index in [0.29, 0.717) is 43.0 Å². The Morgan fingerprint density at radius 3 is 2.56 bits per heavy atom. The minimum atomic E-state index is -0.562. The van der Waals surface area contributed by atoms with Gasteiger partial charge in [-0.3, -0.25) is 19.3 Å². The molecule has 1 unspecified atom stereocenters. The summed E-state index contributed by atoms with van der Waals surface area (Å²) in [5.74, 6) is 0.183. The maximum Gasteiger partial charge on any atom is 0.251 e. The Labute approximate surface area is 192 Å². The molecule has 1 fully saturated rings. The Morgan fingerprint density at radius 1 is 1.12 bits per heavy atom. The Bertz CT molecular complexity index is 944. The molecule has 1 aromatic carbocycles. The van der Waals surface area contributed by atoms with Crippen molar-refractivity contribution in [1.29, 1.82) is 0 Å². The second-order valence-electron chi connectivity index (χ2n) is 7.81. The fourth-order valence-corrected chi connectivity index (χ4v) is 4.55. The number of hydrogen-bond acceptors (Lipinski definition) is 6. The van der Waals surface area contributed by atoms with Crippen molar-refractivity contribution < 1.29 is 19.1 Å². The summed E-state index contributed by atoms with van der Waals surface area (Å²) in [6, 6.07) is 8.99. The van der Waals surface area contributed by atoms with Gasteiger partial charge in [-0.15, -0.1) is 11.3 Å². The summed E-state index contributed by atoms with van der Waals surface area (Å²) in [6.45, 7) is 4.46. The molecule has 2 heterocycles. The summed E-state index contributed by atoms with van der Waals surface area (Å²) < 4.78 is 5.17. The molecule has 1 atom stereocenters. The van der Waals surface area contributed by atoms with Crippen LogP contribution in [0.15, 0.2) is 35.7 Å². The molecular weight excluding hydrogens is 428 g/mol. The largest absolute Gasteiger partial charge is 0.497 e. The Hall–Kier alpha value is -2.91. The summed E-state index contributed by atoms with van der Waals surface area (Å²) in [5, 5.41) is 5.01. The summed E-state index contributed by atoms with van der Waals surface area (Å²) in [4.78, 5) is 40.9. The van der Waals surface area contributed by atoms with Crippen molar-refractivity contribution in [2.45, 2.75) is 32.2 Å². The monoisotopic (exact) mass is 458 g/mol. The molecule has 3 N–H and O–H groups in total. The second kappa shape index (κ2) is 11.1. The number of nitrogens with two attached hydrogens (primary N) is 1. The molecule has 0 aliphatic carbocycles. The fraction of sp³-hybridized carbons (Fsp3) is 0.435. The van der Waals surface area contributed by atoms with Crippen LogP contribution in [0.3, 0.4) is 0 Å². The van der Waals surface area contributed by atoms with Gasteiger partial charge in [0.2, 0.25) is 11.8 Å². The number of carbonyl (C=O) groups is 3. The highest BCUT2D eigenvalue weighted by Gasteiger charge is 2.26. The van der Waals surface area contributed by atoms with E-state index in [2.05, 4.69) is 10.2 Å². The van der Waals surface area contributed by atoms with E-state index < -0.39 is 5.91 Å². The van der Waals surface area contributed by atoms with Crippen LogP contribution in [-0.2, 0) is 16.0 Å². The van der Waals surface area contributed by atoms with E-state index >= 15 is 0 Å². The Morgan fingerprint density at radius 2 is 1.88 bits per heavy atom. The van der Waals surface area contributed by atoms with Crippen LogP contribution < -0.4 is 15.8 Å². The molecule has 8 nitrogen and oxygen atoms in total. The van der Waals surface area contributed by atoms with Crippen LogP contribution in [0.4, 0.5) is 5.00 Å². The van der Waals surface area contributed by atoms with Gasteiger partial charge in [0.25, 0.3) is 5.91 Å². The van der Waals surface area contributed by atoms with Crippen molar-refractivity contribution in [2.24, 2.45) is 5.73 Å². The fourth-order valence-electron chi connectivity index (χ4n) is 3.76. The van der Waals surface area contributed by atoms with Gasteiger partial charge in [-0.1, -0.05) is 12.1 Å². The van der Waals surface area contributed by atoms with E-state index in [0.717, 1.165) is 24.3 Å². The number of nitrogens with zero attached hydrogens (tertiary/aromatic N) is 2. The number of amides is 3. The van der Waals surface area contributed by atoms with Gasteiger partial charge in [-0.25, -0.2) is 0 Å². The lowest BCUT2D eigenvalue weighted by Gasteiger charge is -2.27. The standard InChI is InChI=1S/C23H30N4O4S/c1-16(22(30)25-23-19(21(24)29)10-15-32-23)26-11-3-12-27(14-13-26)20(28)9-6-17-4-7-18(31-2)8-5-17/h4-5,7-8,10,15-16H,3,6,9,11-14H2,1-2H3,(H2,24,29)(H,25,30). The first-order valence-corrected chi connectivity index (χ1v) is 11.6. The molecule has 2 aromatic rings. The van der Waals surface area contributed by atoms with Crippen LogP contribution in [0.5, 0.6) is 5.75 Å². The number of methoxy groups -OCH3 is 1. The van der Waals surface area contributed by atoms with Gasteiger partial charge in [0.1, 0.15) is 10.8 Å². The third kappa shape index (κ3) is 6.08. The first kappa shape index (κ1) is 23.7. The highest BCUT2D eigenvalue weighted by molar-refractivity contribution is 7.14. The van der Waals surface area contributed by atoms with Crippen molar-refractivity contribution in [1.82, 2.24) is 9.80 Å². The summed E-state index contributed by atoms with van der Waals surface area (Å²) in [5.41, 5.74) is 6.78. The zero-order valence-corrected chi connectivity index (χ0v) is 19.3. The molecule has 9 heteroatoms.